The number of para-hydroxylation sites is 1. The second-order valence-corrected chi connectivity index (χ2v) is 7.93. The highest BCUT2D eigenvalue weighted by molar-refractivity contribution is 9.10. The zero-order valence-electron chi connectivity index (χ0n) is 16.9. The summed E-state index contributed by atoms with van der Waals surface area (Å²) in [5, 5.41) is 5.30. The molecule has 1 saturated heterocycles. The third-order valence-corrected chi connectivity index (χ3v) is 5.55. The summed E-state index contributed by atoms with van der Waals surface area (Å²) in [6.45, 7) is 0.131. The predicted octanol–water partition coefficient (Wildman–Crippen LogP) is 2.27. The molecule has 0 bridgehead atoms. The van der Waals surface area contributed by atoms with Crippen LogP contribution in [0.3, 0.4) is 0 Å². The van der Waals surface area contributed by atoms with Crippen molar-refractivity contribution in [2.24, 2.45) is 5.92 Å². The van der Waals surface area contributed by atoms with Gasteiger partial charge in [-0.25, -0.2) is 0 Å². The molecule has 1 atom stereocenters. The SMILES string of the molecule is COC(=O)CNC(=O)Cc1ccc(NC(=O)C2CC(=O)N(c3ccccc3Br)C2)cc1. The number of methoxy groups -OCH3 is 1. The van der Waals surface area contributed by atoms with Gasteiger partial charge in [-0.15, -0.1) is 0 Å². The fraction of sp³-hybridized carbons (Fsp3) is 0.273. The third kappa shape index (κ3) is 5.91. The van der Waals surface area contributed by atoms with E-state index >= 15 is 0 Å². The van der Waals surface area contributed by atoms with E-state index in [0.29, 0.717) is 12.2 Å². The van der Waals surface area contributed by atoms with Crippen LogP contribution < -0.4 is 15.5 Å². The van der Waals surface area contributed by atoms with Crippen LogP contribution in [0.2, 0.25) is 0 Å². The van der Waals surface area contributed by atoms with Gasteiger partial charge in [0.05, 0.1) is 25.1 Å². The molecule has 1 fully saturated rings. The molecule has 3 rings (SSSR count). The molecule has 1 heterocycles. The van der Waals surface area contributed by atoms with Crippen molar-refractivity contribution < 1.29 is 23.9 Å². The lowest BCUT2D eigenvalue weighted by Gasteiger charge is -2.18. The number of carbonyl (C=O) groups excluding carboxylic acids is 4. The van der Waals surface area contributed by atoms with Gasteiger partial charge in [-0.2, -0.15) is 0 Å². The Labute approximate surface area is 188 Å². The molecule has 0 spiro atoms. The van der Waals surface area contributed by atoms with Crippen LogP contribution in [0.15, 0.2) is 53.0 Å². The summed E-state index contributed by atoms with van der Waals surface area (Å²) in [6.07, 6.45) is 0.245. The smallest absolute Gasteiger partial charge is 0.325 e. The van der Waals surface area contributed by atoms with Crippen molar-refractivity contribution in [3.05, 3.63) is 58.6 Å². The molecule has 3 amide bonds. The summed E-state index contributed by atoms with van der Waals surface area (Å²) in [6, 6.07) is 14.2. The minimum absolute atomic E-state index is 0.0969. The lowest BCUT2D eigenvalue weighted by atomic mass is 10.1. The Morgan fingerprint density at radius 1 is 1.13 bits per heavy atom. The van der Waals surface area contributed by atoms with Crippen molar-refractivity contribution in [2.45, 2.75) is 12.8 Å². The van der Waals surface area contributed by atoms with E-state index < -0.39 is 11.9 Å². The van der Waals surface area contributed by atoms with Gasteiger partial charge in [-0.3, -0.25) is 19.2 Å². The number of amides is 3. The highest BCUT2D eigenvalue weighted by Gasteiger charge is 2.35. The number of nitrogens with one attached hydrogen (secondary N) is 2. The highest BCUT2D eigenvalue weighted by Crippen LogP contribution is 2.31. The molecule has 2 aromatic rings. The molecule has 31 heavy (non-hydrogen) atoms. The molecule has 1 aliphatic rings. The minimum Gasteiger partial charge on any atom is -0.468 e. The first-order valence-corrected chi connectivity index (χ1v) is 10.4. The summed E-state index contributed by atoms with van der Waals surface area (Å²) in [4.78, 5) is 49.6. The van der Waals surface area contributed by atoms with Crippen LogP contribution in [0.4, 0.5) is 11.4 Å². The van der Waals surface area contributed by atoms with Crippen LogP contribution in [-0.4, -0.2) is 43.9 Å². The van der Waals surface area contributed by atoms with Crippen molar-refractivity contribution in [3.63, 3.8) is 0 Å². The van der Waals surface area contributed by atoms with Gasteiger partial charge < -0.3 is 20.3 Å². The van der Waals surface area contributed by atoms with Gasteiger partial charge in [0.2, 0.25) is 17.7 Å². The average Bonchev–Trinajstić information content (AvgIpc) is 3.15. The summed E-state index contributed by atoms with van der Waals surface area (Å²) in [5.74, 6) is -1.61. The van der Waals surface area contributed by atoms with Gasteiger partial charge >= 0.3 is 5.97 Å². The molecule has 2 aromatic carbocycles. The number of esters is 1. The molecule has 0 saturated carbocycles. The van der Waals surface area contributed by atoms with E-state index in [4.69, 9.17) is 0 Å². The van der Waals surface area contributed by atoms with E-state index in [2.05, 4.69) is 31.3 Å². The number of nitrogens with zero attached hydrogens (tertiary/aromatic N) is 1. The van der Waals surface area contributed by atoms with E-state index in [0.717, 1.165) is 15.7 Å². The van der Waals surface area contributed by atoms with Crippen molar-refractivity contribution in [1.29, 1.82) is 0 Å². The average molecular weight is 488 g/mol. The Bertz CT molecular complexity index is 993. The molecule has 1 unspecified atom stereocenters. The molecule has 9 heteroatoms. The first-order chi connectivity index (χ1) is 14.9. The minimum atomic E-state index is -0.519. The number of ether oxygens (including phenoxy) is 1. The number of anilines is 2. The lowest BCUT2D eigenvalue weighted by Crippen LogP contribution is -2.31. The Morgan fingerprint density at radius 3 is 2.52 bits per heavy atom. The van der Waals surface area contributed by atoms with Crippen molar-refractivity contribution in [1.82, 2.24) is 5.32 Å². The first kappa shape index (κ1) is 22.5. The molecule has 0 aromatic heterocycles. The second-order valence-electron chi connectivity index (χ2n) is 7.07. The van der Waals surface area contributed by atoms with Crippen LogP contribution in [0.5, 0.6) is 0 Å². The van der Waals surface area contributed by atoms with Crippen molar-refractivity contribution in [2.75, 3.05) is 30.4 Å². The van der Waals surface area contributed by atoms with Gasteiger partial charge in [-0.05, 0) is 45.8 Å². The summed E-state index contributed by atoms with van der Waals surface area (Å²) >= 11 is 3.44. The van der Waals surface area contributed by atoms with E-state index in [1.807, 2.05) is 24.3 Å². The van der Waals surface area contributed by atoms with E-state index in [1.165, 1.54) is 7.11 Å². The zero-order chi connectivity index (χ0) is 22.4. The van der Waals surface area contributed by atoms with Gasteiger partial charge in [0.1, 0.15) is 6.54 Å². The molecule has 162 valence electrons. The molecular weight excluding hydrogens is 466 g/mol. The monoisotopic (exact) mass is 487 g/mol. The molecular formula is C22H22BrN3O5. The quantitative estimate of drug-likeness (QED) is 0.582. The summed E-state index contributed by atoms with van der Waals surface area (Å²) in [5.41, 5.74) is 2.06. The maximum Gasteiger partial charge on any atom is 0.325 e. The zero-order valence-corrected chi connectivity index (χ0v) is 18.5. The Hall–Kier alpha value is -3.20. The van der Waals surface area contributed by atoms with E-state index in [1.54, 1.807) is 29.2 Å². The first-order valence-electron chi connectivity index (χ1n) is 9.65. The predicted molar refractivity (Wildman–Crippen MR) is 118 cm³/mol. The molecule has 2 N–H and O–H groups in total. The van der Waals surface area contributed by atoms with Crippen molar-refractivity contribution in [3.8, 4) is 0 Å². The van der Waals surface area contributed by atoms with Crippen molar-refractivity contribution >= 4 is 51.0 Å². The van der Waals surface area contributed by atoms with Gasteiger partial charge in [0.15, 0.2) is 0 Å². The van der Waals surface area contributed by atoms with Crippen LogP contribution in [0, 0.1) is 5.92 Å². The number of halogens is 1. The summed E-state index contributed by atoms with van der Waals surface area (Å²) < 4.78 is 5.27. The normalized spacial score (nSPS) is 15.5. The number of hydrogen-bond acceptors (Lipinski definition) is 5. The van der Waals surface area contributed by atoms with Crippen LogP contribution in [0.25, 0.3) is 0 Å². The molecule has 1 aliphatic heterocycles. The Kier molecular flexibility index (Phi) is 7.41. The van der Waals surface area contributed by atoms with Gasteiger partial charge in [0.25, 0.3) is 0 Å². The van der Waals surface area contributed by atoms with E-state index in [9.17, 15) is 19.2 Å². The number of rotatable bonds is 7. The van der Waals surface area contributed by atoms with Crippen LogP contribution >= 0.6 is 15.9 Å². The topological polar surface area (TPSA) is 105 Å². The largest absolute Gasteiger partial charge is 0.468 e. The number of carbonyl (C=O) groups is 4. The van der Waals surface area contributed by atoms with Crippen LogP contribution in [0.1, 0.15) is 12.0 Å². The Morgan fingerprint density at radius 2 is 1.84 bits per heavy atom. The standard InChI is InChI=1S/C22H22BrN3O5/c1-31-21(29)12-24-19(27)10-14-6-8-16(9-7-14)25-22(30)15-11-20(28)26(13-15)18-5-3-2-4-17(18)23/h2-9,15H,10-13H2,1H3,(H,24,27)(H,25,30). The van der Waals surface area contributed by atoms with E-state index in [-0.39, 0.29) is 37.1 Å². The fourth-order valence-electron chi connectivity index (χ4n) is 3.23. The fourth-order valence-corrected chi connectivity index (χ4v) is 3.73. The number of benzene rings is 2. The second kappa shape index (κ2) is 10.2. The summed E-state index contributed by atoms with van der Waals surface area (Å²) in [7, 11) is 1.25. The lowest BCUT2D eigenvalue weighted by molar-refractivity contribution is -0.141. The van der Waals surface area contributed by atoms with Gasteiger partial charge in [0, 0.05) is 23.1 Å². The maximum absolute atomic E-state index is 12.7. The van der Waals surface area contributed by atoms with Crippen LogP contribution in [-0.2, 0) is 30.3 Å². The van der Waals surface area contributed by atoms with Gasteiger partial charge in [-0.1, -0.05) is 24.3 Å². The third-order valence-electron chi connectivity index (χ3n) is 4.88. The number of hydrogen-bond donors (Lipinski definition) is 2. The molecule has 0 radical (unpaired) electrons. The highest BCUT2D eigenvalue weighted by atomic mass is 79.9. The molecule has 8 nitrogen and oxygen atoms in total. The Balaban J connectivity index is 1.54. The maximum atomic E-state index is 12.7. The molecule has 0 aliphatic carbocycles.